The summed E-state index contributed by atoms with van der Waals surface area (Å²) >= 11 is 0. The van der Waals surface area contributed by atoms with Crippen LogP contribution in [0.15, 0.2) is 12.1 Å². The molecule has 1 aliphatic heterocycles. The van der Waals surface area contributed by atoms with E-state index < -0.39 is 0 Å². The molecule has 4 heteroatoms. The topological polar surface area (TPSA) is 38.8 Å². The van der Waals surface area contributed by atoms with Gasteiger partial charge in [0.2, 0.25) is 0 Å². The van der Waals surface area contributed by atoms with Gasteiger partial charge in [-0.25, -0.2) is 0 Å². The molecule has 0 radical (unpaired) electrons. The minimum Gasteiger partial charge on any atom is -0.493 e. The summed E-state index contributed by atoms with van der Waals surface area (Å²) in [6.45, 7) is 4.06. The molecule has 19 heavy (non-hydrogen) atoms. The van der Waals surface area contributed by atoms with Crippen LogP contribution in [0.1, 0.15) is 30.5 Å². The van der Waals surface area contributed by atoms with Gasteiger partial charge in [0, 0.05) is 19.0 Å². The predicted octanol–water partition coefficient (Wildman–Crippen LogP) is 2.21. The number of fused-ring (bicyclic) bond motifs is 1. The molecule has 0 bridgehead atoms. The average molecular weight is 263 g/mol. The minimum atomic E-state index is 0.158. The average Bonchev–Trinajstić information content (AvgIpc) is 2.46. The number of hydrogen-bond donors (Lipinski definition) is 0. The Bertz CT molecular complexity index is 459. The largest absolute Gasteiger partial charge is 0.493 e. The van der Waals surface area contributed by atoms with Crippen LogP contribution in [0.2, 0.25) is 0 Å². The van der Waals surface area contributed by atoms with Crippen LogP contribution in [-0.4, -0.2) is 38.5 Å². The summed E-state index contributed by atoms with van der Waals surface area (Å²) in [5.74, 6) is 1.49. The van der Waals surface area contributed by atoms with Crippen molar-refractivity contribution in [3.63, 3.8) is 0 Å². The van der Waals surface area contributed by atoms with Crippen molar-refractivity contribution in [1.82, 2.24) is 4.90 Å². The van der Waals surface area contributed by atoms with Gasteiger partial charge in [-0.3, -0.25) is 4.90 Å². The maximum Gasteiger partial charge on any atom is 0.161 e. The van der Waals surface area contributed by atoms with Gasteiger partial charge < -0.3 is 14.3 Å². The minimum absolute atomic E-state index is 0.158. The first kappa shape index (κ1) is 13.9. The molecule has 104 valence electrons. The number of ether oxygens (including phenoxy) is 2. The van der Waals surface area contributed by atoms with Gasteiger partial charge in [0.1, 0.15) is 6.29 Å². The lowest BCUT2D eigenvalue weighted by atomic mass is 9.90. The first-order chi connectivity index (χ1) is 9.24. The number of rotatable bonds is 5. The van der Waals surface area contributed by atoms with Crippen molar-refractivity contribution >= 4 is 6.29 Å². The highest BCUT2D eigenvalue weighted by Crippen LogP contribution is 2.38. The SMILES string of the molecule is CCN1CCc2cc(OC)c(OC)cc2C1CC=O. The highest BCUT2D eigenvalue weighted by atomic mass is 16.5. The lowest BCUT2D eigenvalue weighted by Crippen LogP contribution is -2.35. The van der Waals surface area contributed by atoms with E-state index in [-0.39, 0.29) is 6.04 Å². The fraction of sp³-hybridized carbons (Fsp3) is 0.533. The van der Waals surface area contributed by atoms with Crippen molar-refractivity contribution in [3.8, 4) is 11.5 Å². The van der Waals surface area contributed by atoms with Gasteiger partial charge in [-0.2, -0.15) is 0 Å². The molecule has 1 heterocycles. The maximum atomic E-state index is 10.9. The third-order valence-corrected chi connectivity index (χ3v) is 3.84. The molecule has 2 rings (SSSR count). The monoisotopic (exact) mass is 263 g/mol. The van der Waals surface area contributed by atoms with E-state index in [2.05, 4.69) is 11.8 Å². The van der Waals surface area contributed by atoms with Gasteiger partial charge >= 0.3 is 0 Å². The van der Waals surface area contributed by atoms with Crippen LogP contribution < -0.4 is 9.47 Å². The van der Waals surface area contributed by atoms with Crippen LogP contribution in [0.25, 0.3) is 0 Å². The molecule has 1 aromatic rings. The van der Waals surface area contributed by atoms with Gasteiger partial charge in [-0.15, -0.1) is 0 Å². The Balaban J connectivity index is 2.46. The molecule has 0 saturated carbocycles. The predicted molar refractivity (Wildman–Crippen MR) is 73.9 cm³/mol. The summed E-state index contributed by atoms with van der Waals surface area (Å²) in [4.78, 5) is 13.3. The second-order valence-electron chi connectivity index (χ2n) is 4.70. The van der Waals surface area contributed by atoms with Crippen molar-refractivity contribution in [2.24, 2.45) is 0 Å². The molecule has 0 aromatic heterocycles. The quantitative estimate of drug-likeness (QED) is 0.764. The second kappa shape index (κ2) is 6.06. The first-order valence-electron chi connectivity index (χ1n) is 6.67. The zero-order valence-corrected chi connectivity index (χ0v) is 11.8. The number of likely N-dealkylation sites (N-methyl/N-ethyl adjacent to an activating group) is 1. The summed E-state index contributed by atoms with van der Waals surface area (Å²) in [6.07, 6.45) is 2.51. The molecule has 0 N–H and O–H groups in total. The lowest BCUT2D eigenvalue weighted by Gasteiger charge is -2.36. The third-order valence-electron chi connectivity index (χ3n) is 3.84. The second-order valence-corrected chi connectivity index (χ2v) is 4.70. The molecule has 4 nitrogen and oxygen atoms in total. The molecule has 0 fully saturated rings. The Morgan fingerprint density at radius 3 is 2.58 bits per heavy atom. The molecule has 0 saturated heterocycles. The van der Waals surface area contributed by atoms with E-state index in [1.54, 1.807) is 14.2 Å². The van der Waals surface area contributed by atoms with Gasteiger partial charge in [0.15, 0.2) is 11.5 Å². The Morgan fingerprint density at radius 2 is 2.00 bits per heavy atom. The molecule has 1 atom stereocenters. The molecular weight excluding hydrogens is 242 g/mol. The zero-order valence-electron chi connectivity index (χ0n) is 11.8. The Kier molecular flexibility index (Phi) is 4.43. The molecule has 1 aliphatic rings. The van der Waals surface area contributed by atoms with Crippen molar-refractivity contribution in [2.75, 3.05) is 27.3 Å². The number of benzene rings is 1. The smallest absolute Gasteiger partial charge is 0.161 e. The van der Waals surface area contributed by atoms with Crippen LogP contribution in [0.5, 0.6) is 11.5 Å². The molecule has 1 unspecified atom stereocenters. The fourth-order valence-corrected chi connectivity index (χ4v) is 2.83. The highest BCUT2D eigenvalue weighted by Gasteiger charge is 2.27. The third kappa shape index (κ3) is 2.59. The maximum absolute atomic E-state index is 10.9. The first-order valence-corrected chi connectivity index (χ1v) is 6.67. The van der Waals surface area contributed by atoms with Gasteiger partial charge in [-0.1, -0.05) is 6.92 Å². The summed E-state index contributed by atoms with van der Waals surface area (Å²) < 4.78 is 10.7. The van der Waals surface area contributed by atoms with Crippen LogP contribution in [0.4, 0.5) is 0 Å². The summed E-state index contributed by atoms with van der Waals surface area (Å²) in [5, 5.41) is 0. The van der Waals surface area contributed by atoms with Crippen LogP contribution >= 0.6 is 0 Å². The van der Waals surface area contributed by atoms with Crippen LogP contribution in [0, 0.1) is 0 Å². The van der Waals surface area contributed by atoms with E-state index >= 15 is 0 Å². The summed E-state index contributed by atoms with van der Waals surface area (Å²) in [7, 11) is 3.29. The number of carbonyl (C=O) groups is 1. The number of carbonyl (C=O) groups excluding carboxylic acids is 1. The normalized spacial score (nSPS) is 18.8. The van der Waals surface area contributed by atoms with Crippen LogP contribution in [0.3, 0.4) is 0 Å². The Hall–Kier alpha value is -1.55. The van der Waals surface area contributed by atoms with Gasteiger partial charge in [0.25, 0.3) is 0 Å². The summed E-state index contributed by atoms with van der Waals surface area (Å²) in [6, 6.07) is 4.22. The standard InChI is InChI=1S/C15H21NO3/c1-4-16-7-5-11-9-14(18-2)15(19-3)10-12(11)13(16)6-8-17/h8-10,13H,4-7H2,1-3H3. The number of nitrogens with zero attached hydrogens (tertiary/aromatic N) is 1. The molecular formula is C15H21NO3. The molecule has 1 aromatic carbocycles. The number of aldehydes is 1. The van der Waals surface area contributed by atoms with E-state index in [1.165, 1.54) is 11.1 Å². The Labute approximate surface area is 114 Å². The van der Waals surface area contributed by atoms with E-state index in [0.717, 1.165) is 37.3 Å². The van der Waals surface area contributed by atoms with Crippen molar-refractivity contribution in [3.05, 3.63) is 23.3 Å². The van der Waals surface area contributed by atoms with Crippen molar-refractivity contribution in [2.45, 2.75) is 25.8 Å². The van der Waals surface area contributed by atoms with E-state index in [0.29, 0.717) is 6.42 Å². The number of methoxy groups -OCH3 is 2. The molecule has 0 aliphatic carbocycles. The van der Waals surface area contributed by atoms with Gasteiger partial charge in [0.05, 0.1) is 14.2 Å². The van der Waals surface area contributed by atoms with E-state index in [9.17, 15) is 4.79 Å². The molecule has 0 amide bonds. The fourth-order valence-electron chi connectivity index (χ4n) is 2.83. The van der Waals surface area contributed by atoms with Crippen molar-refractivity contribution < 1.29 is 14.3 Å². The summed E-state index contributed by atoms with van der Waals surface area (Å²) in [5.41, 5.74) is 2.45. The highest BCUT2D eigenvalue weighted by molar-refractivity contribution is 5.55. The van der Waals surface area contributed by atoms with Crippen molar-refractivity contribution in [1.29, 1.82) is 0 Å². The van der Waals surface area contributed by atoms with E-state index in [4.69, 9.17) is 9.47 Å². The van der Waals surface area contributed by atoms with E-state index in [1.807, 2.05) is 12.1 Å². The molecule has 0 spiro atoms. The Morgan fingerprint density at radius 1 is 1.32 bits per heavy atom. The zero-order chi connectivity index (χ0) is 13.8. The number of hydrogen-bond acceptors (Lipinski definition) is 4. The van der Waals surface area contributed by atoms with Gasteiger partial charge in [-0.05, 0) is 36.2 Å². The van der Waals surface area contributed by atoms with Crippen LogP contribution in [-0.2, 0) is 11.2 Å². The lowest BCUT2D eigenvalue weighted by molar-refractivity contribution is -0.109.